The van der Waals surface area contributed by atoms with Crippen molar-refractivity contribution in [1.82, 2.24) is 15.0 Å². The Morgan fingerprint density at radius 2 is 1.62 bits per heavy atom. The third-order valence-electron chi connectivity index (χ3n) is 4.78. The molecule has 1 aromatic heterocycles. The van der Waals surface area contributed by atoms with Crippen molar-refractivity contribution in [3.63, 3.8) is 0 Å². The molecule has 12 heteroatoms. The zero-order chi connectivity index (χ0) is 24.6. The standard InChI is InChI=1S/C22H25N5O5S2/c23-34(31,32)24-14-8-7-13-17(25-22(29)30)20(28)27-21-26-18(15-9-3-1-4-10-15)19(33-21)16-11-5-2-6-12-16/h1-6,9-12,17,24-25H,7-8,13-14H2,(H,29,30)(H2,23,31,32)(H,26,27,28). The first kappa shape index (κ1) is 25.3. The van der Waals surface area contributed by atoms with E-state index in [4.69, 9.17) is 10.2 Å². The van der Waals surface area contributed by atoms with Gasteiger partial charge in [-0.1, -0.05) is 72.0 Å². The smallest absolute Gasteiger partial charge is 0.405 e. The summed E-state index contributed by atoms with van der Waals surface area (Å²) in [5, 5.41) is 19.3. The van der Waals surface area contributed by atoms with Crippen LogP contribution < -0.4 is 20.5 Å². The second-order valence-electron chi connectivity index (χ2n) is 7.36. The molecule has 3 rings (SSSR count). The largest absolute Gasteiger partial charge is 0.465 e. The molecule has 3 aromatic rings. The van der Waals surface area contributed by atoms with Crippen LogP contribution in [0.15, 0.2) is 60.7 Å². The van der Waals surface area contributed by atoms with Crippen molar-refractivity contribution in [3.8, 4) is 21.7 Å². The van der Waals surface area contributed by atoms with E-state index >= 15 is 0 Å². The number of carbonyl (C=O) groups excluding carboxylic acids is 1. The van der Waals surface area contributed by atoms with Crippen LogP contribution in [0, 0.1) is 0 Å². The van der Waals surface area contributed by atoms with Gasteiger partial charge in [-0.05, 0) is 24.8 Å². The van der Waals surface area contributed by atoms with Gasteiger partial charge in [0.2, 0.25) is 5.91 Å². The van der Waals surface area contributed by atoms with Gasteiger partial charge in [0.25, 0.3) is 10.2 Å². The van der Waals surface area contributed by atoms with Crippen molar-refractivity contribution in [2.45, 2.75) is 25.3 Å². The quantitative estimate of drug-likeness (QED) is 0.252. The van der Waals surface area contributed by atoms with Gasteiger partial charge < -0.3 is 15.7 Å². The Hall–Kier alpha value is -3.32. The minimum atomic E-state index is -3.79. The lowest BCUT2D eigenvalue weighted by Crippen LogP contribution is -2.43. The van der Waals surface area contributed by atoms with Gasteiger partial charge in [0.1, 0.15) is 6.04 Å². The molecule has 0 saturated heterocycles. The monoisotopic (exact) mass is 503 g/mol. The molecule has 0 saturated carbocycles. The Labute approximate surface area is 201 Å². The Kier molecular flexibility index (Phi) is 8.71. The number of nitrogens with one attached hydrogen (secondary N) is 3. The highest BCUT2D eigenvalue weighted by Crippen LogP contribution is 2.38. The van der Waals surface area contributed by atoms with Crippen molar-refractivity contribution in [3.05, 3.63) is 60.7 Å². The molecule has 0 aliphatic rings. The van der Waals surface area contributed by atoms with Gasteiger partial charge in [-0.3, -0.25) is 4.79 Å². The molecule has 10 nitrogen and oxygen atoms in total. The summed E-state index contributed by atoms with van der Waals surface area (Å²) in [6, 6.07) is 18.2. The number of thiazole rings is 1. The fourth-order valence-electron chi connectivity index (χ4n) is 3.25. The number of benzene rings is 2. The third kappa shape index (κ3) is 7.63. The first-order valence-electron chi connectivity index (χ1n) is 10.4. The van der Waals surface area contributed by atoms with Gasteiger partial charge in [-0.2, -0.15) is 8.42 Å². The lowest BCUT2D eigenvalue weighted by molar-refractivity contribution is -0.118. The highest BCUT2D eigenvalue weighted by molar-refractivity contribution is 7.87. The summed E-state index contributed by atoms with van der Waals surface area (Å²) in [7, 11) is -3.79. The Bertz CT molecular complexity index is 1160. The molecule has 180 valence electrons. The number of carboxylic acid groups (broad SMARTS) is 1. The van der Waals surface area contributed by atoms with E-state index < -0.39 is 28.3 Å². The van der Waals surface area contributed by atoms with Gasteiger partial charge in [-0.25, -0.2) is 19.6 Å². The second kappa shape index (κ2) is 11.7. The molecule has 2 aromatic carbocycles. The van der Waals surface area contributed by atoms with Gasteiger partial charge in [0.15, 0.2) is 5.13 Å². The minimum Gasteiger partial charge on any atom is -0.465 e. The number of amides is 2. The molecule has 0 radical (unpaired) electrons. The molecular formula is C22H25N5O5S2. The van der Waals surface area contributed by atoms with E-state index in [0.29, 0.717) is 23.7 Å². The molecule has 0 aliphatic carbocycles. The maximum Gasteiger partial charge on any atom is 0.405 e. The number of anilines is 1. The van der Waals surface area contributed by atoms with Crippen molar-refractivity contribution in [1.29, 1.82) is 0 Å². The Morgan fingerprint density at radius 1 is 1.00 bits per heavy atom. The zero-order valence-electron chi connectivity index (χ0n) is 18.1. The van der Waals surface area contributed by atoms with Crippen LogP contribution in [0.5, 0.6) is 0 Å². The van der Waals surface area contributed by atoms with Crippen LogP contribution in [0.25, 0.3) is 21.7 Å². The lowest BCUT2D eigenvalue weighted by Gasteiger charge is -2.15. The average molecular weight is 504 g/mol. The number of carbonyl (C=O) groups is 2. The lowest BCUT2D eigenvalue weighted by atomic mass is 10.1. The summed E-state index contributed by atoms with van der Waals surface area (Å²) in [4.78, 5) is 29.6. The Balaban J connectivity index is 1.75. The molecule has 2 amide bonds. The second-order valence-corrected chi connectivity index (χ2v) is 9.73. The van der Waals surface area contributed by atoms with Crippen LogP contribution in [0.4, 0.5) is 9.93 Å². The van der Waals surface area contributed by atoms with Crippen molar-refractivity contribution in [2.24, 2.45) is 5.14 Å². The van der Waals surface area contributed by atoms with Crippen LogP contribution in [0.2, 0.25) is 0 Å². The van der Waals surface area contributed by atoms with Gasteiger partial charge in [-0.15, -0.1) is 0 Å². The summed E-state index contributed by atoms with van der Waals surface area (Å²) in [6.07, 6.45) is -0.387. The molecule has 1 heterocycles. The fourth-order valence-corrected chi connectivity index (χ4v) is 4.67. The van der Waals surface area contributed by atoms with E-state index in [-0.39, 0.29) is 13.0 Å². The molecular weight excluding hydrogens is 478 g/mol. The van der Waals surface area contributed by atoms with Crippen LogP contribution in [0.3, 0.4) is 0 Å². The van der Waals surface area contributed by atoms with Crippen molar-refractivity contribution >= 4 is 38.7 Å². The molecule has 1 unspecified atom stereocenters. The number of nitrogens with two attached hydrogens (primary N) is 1. The topological polar surface area (TPSA) is 164 Å². The fraction of sp³-hybridized carbons (Fsp3) is 0.227. The van der Waals surface area contributed by atoms with E-state index in [0.717, 1.165) is 16.0 Å². The first-order valence-corrected chi connectivity index (χ1v) is 12.8. The van der Waals surface area contributed by atoms with Crippen molar-refractivity contribution < 1.29 is 23.1 Å². The van der Waals surface area contributed by atoms with E-state index in [1.807, 2.05) is 60.7 Å². The van der Waals surface area contributed by atoms with Gasteiger partial charge >= 0.3 is 6.09 Å². The molecule has 0 fully saturated rings. The normalized spacial score (nSPS) is 12.1. The molecule has 0 spiro atoms. The SMILES string of the molecule is NS(=O)(=O)NCCCCC(NC(=O)O)C(=O)Nc1nc(-c2ccccc2)c(-c2ccccc2)s1. The average Bonchev–Trinajstić information content (AvgIpc) is 3.22. The highest BCUT2D eigenvalue weighted by Gasteiger charge is 2.23. The van der Waals surface area contributed by atoms with Gasteiger partial charge in [0.05, 0.1) is 10.6 Å². The van der Waals surface area contributed by atoms with E-state index in [1.165, 1.54) is 11.3 Å². The van der Waals surface area contributed by atoms with Crippen molar-refractivity contribution in [2.75, 3.05) is 11.9 Å². The molecule has 6 N–H and O–H groups in total. The van der Waals surface area contributed by atoms with E-state index in [2.05, 4.69) is 20.3 Å². The molecule has 1 atom stereocenters. The number of hydrogen-bond donors (Lipinski definition) is 5. The third-order valence-corrected chi connectivity index (χ3v) is 6.40. The highest BCUT2D eigenvalue weighted by atomic mass is 32.2. The number of rotatable bonds is 11. The molecule has 0 aliphatic heterocycles. The predicted octanol–water partition coefficient (Wildman–Crippen LogP) is 3.02. The van der Waals surface area contributed by atoms with Crippen LogP contribution in [-0.2, 0) is 15.0 Å². The number of unbranched alkanes of at least 4 members (excludes halogenated alkanes) is 1. The summed E-state index contributed by atoms with van der Waals surface area (Å²) >= 11 is 1.30. The minimum absolute atomic E-state index is 0.0909. The van der Waals surface area contributed by atoms with Gasteiger partial charge in [0, 0.05) is 12.1 Å². The molecule has 34 heavy (non-hydrogen) atoms. The van der Waals surface area contributed by atoms with E-state index in [1.54, 1.807) is 0 Å². The summed E-state index contributed by atoms with van der Waals surface area (Å²) in [6.45, 7) is 0.0909. The summed E-state index contributed by atoms with van der Waals surface area (Å²) in [5.74, 6) is -0.547. The van der Waals surface area contributed by atoms with Crippen LogP contribution in [0.1, 0.15) is 19.3 Å². The zero-order valence-corrected chi connectivity index (χ0v) is 19.7. The first-order chi connectivity index (χ1) is 16.2. The Morgan fingerprint density at radius 3 is 2.21 bits per heavy atom. The molecule has 0 bridgehead atoms. The van der Waals surface area contributed by atoms with Crippen LogP contribution >= 0.6 is 11.3 Å². The maximum absolute atomic E-state index is 12.9. The van der Waals surface area contributed by atoms with E-state index in [9.17, 15) is 18.0 Å². The number of hydrogen-bond acceptors (Lipinski definition) is 6. The number of nitrogens with zero attached hydrogens (tertiary/aromatic N) is 1. The summed E-state index contributed by atoms with van der Waals surface area (Å²) < 4.78 is 24.0. The number of aromatic nitrogens is 1. The van der Waals surface area contributed by atoms with Crippen LogP contribution in [-0.4, -0.2) is 43.1 Å². The summed E-state index contributed by atoms with van der Waals surface area (Å²) in [5.41, 5.74) is 2.55. The predicted molar refractivity (Wildman–Crippen MR) is 132 cm³/mol. The maximum atomic E-state index is 12.9.